The number of benzene rings is 2. The van der Waals surface area contributed by atoms with Gasteiger partial charge in [-0.05, 0) is 86.1 Å². The van der Waals surface area contributed by atoms with Crippen LogP contribution < -0.4 is 9.80 Å². The predicted molar refractivity (Wildman–Crippen MR) is 197 cm³/mol. The summed E-state index contributed by atoms with van der Waals surface area (Å²) in [6.07, 6.45) is 6.64. The topological polar surface area (TPSA) is 119 Å². The van der Waals surface area contributed by atoms with Crippen molar-refractivity contribution >= 4 is 23.0 Å². The average Bonchev–Trinajstić information content (AvgIpc) is 3.17. The van der Waals surface area contributed by atoms with Crippen LogP contribution in [0, 0.1) is 49.8 Å². The number of aromatic nitrogens is 2. The van der Waals surface area contributed by atoms with Gasteiger partial charge in [0, 0.05) is 61.8 Å². The molecule has 2 aliphatic heterocycles. The highest BCUT2D eigenvalue weighted by molar-refractivity contribution is 5.59. The van der Waals surface area contributed by atoms with Crippen LogP contribution in [0.25, 0.3) is 0 Å². The molecule has 10 heteroatoms. The second-order valence-electron chi connectivity index (χ2n) is 11.9. The van der Waals surface area contributed by atoms with Gasteiger partial charge in [0.1, 0.15) is 0 Å². The molecule has 4 aromatic rings. The number of hydrogen-bond donors (Lipinski definition) is 0. The summed E-state index contributed by atoms with van der Waals surface area (Å²) < 4.78 is 0. The summed E-state index contributed by atoms with van der Waals surface area (Å²) in [7, 11) is 0. The van der Waals surface area contributed by atoms with Crippen molar-refractivity contribution in [3.05, 3.63) is 152 Å². The van der Waals surface area contributed by atoms with E-state index in [1.165, 1.54) is 17.7 Å². The van der Waals surface area contributed by atoms with Gasteiger partial charge in [0.15, 0.2) is 0 Å². The summed E-state index contributed by atoms with van der Waals surface area (Å²) in [5, 5.41) is 22.3. The smallest absolute Gasteiger partial charge is 0.311 e. The maximum Gasteiger partial charge on any atom is 0.311 e. The largest absolute Gasteiger partial charge is 0.351 e. The molecule has 0 atom stereocenters. The third-order valence-corrected chi connectivity index (χ3v) is 8.72. The maximum atomic E-state index is 11.2. The van der Waals surface area contributed by atoms with Gasteiger partial charge in [0.2, 0.25) is 11.6 Å². The van der Waals surface area contributed by atoms with E-state index in [-0.39, 0.29) is 21.2 Å². The molecular formula is C40H38N6O4. The Hall–Kier alpha value is -6.26. The Bertz CT molecular complexity index is 1970. The molecule has 4 heterocycles. The quantitative estimate of drug-likeness (QED) is 0.120. The lowest BCUT2D eigenvalue weighted by atomic mass is 9.90. The number of nitrogens with zero attached hydrogens (tertiary/aromatic N) is 6. The summed E-state index contributed by atoms with van der Waals surface area (Å²) in [5.74, 6) is 14.0. The number of allylic oxidation sites excluding steroid dienone is 2. The zero-order chi connectivity index (χ0) is 35.3. The predicted octanol–water partition coefficient (Wildman–Crippen LogP) is 7.77. The van der Waals surface area contributed by atoms with Crippen LogP contribution in [0.15, 0.2) is 121 Å². The maximum absolute atomic E-state index is 11.2. The second kappa shape index (κ2) is 17.2. The van der Waals surface area contributed by atoms with E-state index in [1.807, 2.05) is 77.4 Å². The highest BCUT2D eigenvalue weighted by atomic mass is 16.6. The van der Waals surface area contributed by atoms with Crippen molar-refractivity contribution in [3.63, 3.8) is 0 Å². The summed E-state index contributed by atoms with van der Waals surface area (Å²) in [6.45, 7) is 9.04. The molecule has 0 saturated carbocycles. The Morgan fingerprint density at radius 1 is 0.700 bits per heavy atom. The zero-order valence-electron chi connectivity index (χ0n) is 28.0. The first-order valence-electron chi connectivity index (χ1n) is 16.5. The van der Waals surface area contributed by atoms with Gasteiger partial charge in [-0.15, -0.1) is 0 Å². The lowest BCUT2D eigenvalue weighted by Gasteiger charge is -2.32. The first-order valence-corrected chi connectivity index (χ1v) is 16.5. The molecule has 6 rings (SSSR count). The van der Waals surface area contributed by atoms with Crippen molar-refractivity contribution in [1.29, 1.82) is 0 Å². The van der Waals surface area contributed by atoms with Crippen molar-refractivity contribution in [1.82, 2.24) is 9.97 Å². The van der Waals surface area contributed by atoms with Crippen molar-refractivity contribution in [2.45, 2.75) is 32.6 Å². The van der Waals surface area contributed by atoms with E-state index in [0.717, 1.165) is 61.0 Å². The fraction of sp³-hybridized carbons (Fsp3) is 0.250. The molecule has 0 radical (unpaired) electrons. The fourth-order valence-electron chi connectivity index (χ4n) is 5.90. The summed E-state index contributed by atoms with van der Waals surface area (Å²) >= 11 is 0. The van der Waals surface area contributed by atoms with E-state index in [2.05, 4.69) is 40.2 Å². The molecule has 0 N–H and O–H groups in total. The van der Waals surface area contributed by atoms with Gasteiger partial charge in [-0.1, -0.05) is 72.2 Å². The number of hydrogen-bond acceptors (Lipinski definition) is 8. The minimum atomic E-state index is -0.376. The van der Waals surface area contributed by atoms with Crippen LogP contribution in [0.1, 0.15) is 43.7 Å². The highest BCUT2D eigenvalue weighted by Gasteiger charge is 2.27. The molecule has 0 amide bonds. The molecule has 0 aliphatic carbocycles. The Morgan fingerprint density at radius 2 is 1.16 bits per heavy atom. The molecule has 0 unspecified atom stereocenters. The summed E-state index contributed by atoms with van der Waals surface area (Å²) in [4.78, 5) is 34.0. The van der Waals surface area contributed by atoms with Crippen LogP contribution in [0.3, 0.4) is 0 Å². The van der Waals surface area contributed by atoms with E-state index in [4.69, 9.17) is 0 Å². The molecule has 2 aliphatic rings. The molecular weight excluding hydrogens is 628 g/mol. The molecule has 2 aromatic heterocycles. The van der Waals surface area contributed by atoms with Crippen LogP contribution in [-0.4, -0.2) is 46.0 Å². The molecule has 10 nitrogen and oxygen atoms in total. The van der Waals surface area contributed by atoms with Crippen molar-refractivity contribution < 1.29 is 9.85 Å². The van der Waals surface area contributed by atoms with Crippen LogP contribution in [0.5, 0.6) is 0 Å². The van der Waals surface area contributed by atoms with E-state index in [1.54, 1.807) is 24.5 Å². The lowest BCUT2D eigenvalue weighted by Crippen LogP contribution is -2.35. The Balaban J connectivity index is 0.000000194. The normalized spacial score (nSPS) is 14.1. The first-order chi connectivity index (χ1) is 24.3. The third kappa shape index (κ3) is 9.42. The van der Waals surface area contributed by atoms with E-state index >= 15 is 0 Å². The molecule has 50 heavy (non-hydrogen) atoms. The zero-order valence-corrected chi connectivity index (χ0v) is 28.0. The van der Waals surface area contributed by atoms with Crippen LogP contribution in [0.2, 0.25) is 0 Å². The SMILES string of the molecule is C=C(C#Cc1ccccc1)C1CCN(c2ncccc2[N+](=O)[O-])CC1.CC(C#Cc1ccccc1)=C1CCN(c2ncccc2[N+](=O)[O-])CC1. The highest BCUT2D eigenvalue weighted by Crippen LogP contribution is 2.31. The summed E-state index contributed by atoms with van der Waals surface area (Å²) in [5.41, 5.74) is 5.45. The number of anilines is 2. The van der Waals surface area contributed by atoms with E-state index < -0.39 is 0 Å². The monoisotopic (exact) mass is 666 g/mol. The minimum absolute atomic E-state index is 0.0589. The summed E-state index contributed by atoms with van der Waals surface area (Å²) in [6, 6.07) is 26.0. The van der Waals surface area contributed by atoms with E-state index in [0.29, 0.717) is 30.6 Å². The molecule has 2 saturated heterocycles. The Morgan fingerprint density at radius 3 is 1.64 bits per heavy atom. The molecule has 2 fully saturated rings. The second-order valence-corrected chi connectivity index (χ2v) is 11.9. The number of pyridine rings is 2. The van der Waals surface area contributed by atoms with Crippen LogP contribution >= 0.6 is 0 Å². The van der Waals surface area contributed by atoms with Crippen LogP contribution in [0.4, 0.5) is 23.0 Å². The Labute approximate surface area is 292 Å². The number of rotatable bonds is 5. The van der Waals surface area contributed by atoms with E-state index in [9.17, 15) is 20.2 Å². The molecule has 252 valence electrons. The Kier molecular flexibility index (Phi) is 12.1. The van der Waals surface area contributed by atoms with Gasteiger partial charge in [-0.2, -0.15) is 0 Å². The standard InChI is InChI=1S/2C20H19N3O2/c2*1-16(9-10-17-6-3-2-4-7-17)18-11-14-22(15-12-18)20-19(23(24)25)8-5-13-21-20/h2-8,13H,11-12,14-15H2,1H3;2-8,13,18H,1,11-12,14-15H2. The van der Waals surface area contributed by atoms with Gasteiger partial charge >= 0.3 is 11.4 Å². The molecule has 0 spiro atoms. The van der Waals surface area contributed by atoms with Gasteiger partial charge in [0.05, 0.1) is 9.85 Å². The number of piperidine rings is 2. The third-order valence-electron chi connectivity index (χ3n) is 8.72. The van der Waals surface area contributed by atoms with Crippen molar-refractivity contribution in [3.8, 4) is 23.7 Å². The van der Waals surface area contributed by atoms with Gasteiger partial charge in [-0.3, -0.25) is 20.2 Å². The van der Waals surface area contributed by atoms with Crippen LogP contribution in [-0.2, 0) is 0 Å². The first kappa shape index (κ1) is 35.1. The average molecular weight is 667 g/mol. The molecule has 2 aromatic carbocycles. The fourth-order valence-corrected chi connectivity index (χ4v) is 5.90. The lowest BCUT2D eigenvalue weighted by molar-refractivity contribution is -0.384. The van der Waals surface area contributed by atoms with Gasteiger partial charge < -0.3 is 9.80 Å². The molecule has 0 bridgehead atoms. The van der Waals surface area contributed by atoms with Crippen molar-refractivity contribution in [2.24, 2.45) is 5.92 Å². The van der Waals surface area contributed by atoms with Gasteiger partial charge in [-0.25, -0.2) is 9.97 Å². The van der Waals surface area contributed by atoms with Crippen molar-refractivity contribution in [2.75, 3.05) is 36.0 Å². The minimum Gasteiger partial charge on any atom is -0.351 e. The van der Waals surface area contributed by atoms with Gasteiger partial charge in [0.25, 0.3) is 0 Å². The number of nitro groups is 2.